The van der Waals surface area contributed by atoms with Crippen LogP contribution in [0, 0.1) is 5.82 Å². The molecule has 0 spiro atoms. The van der Waals surface area contributed by atoms with Crippen molar-refractivity contribution in [2.75, 3.05) is 16.3 Å². The number of benzene rings is 2. The maximum absolute atomic E-state index is 13.9. The van der Waals surface area contributed by atoms with E-state index >= 15 is 0 Å². The van der Waals surface area contributed by atoms with E-state index in [1.165, 1.54) is 40.1 Å². The van der Waals surface area contributed by atoms with E-state index in [0.717, 1.165) is 6.07 Å². The zero-order valence-corrected chi connectivity index (χ0v) is 14.4. The number of halogens is 1. The van der Waals surface area contributed by atoms with Gasteiger partial charge in [-0.1, -0.05) is 6.92 Å². The Kier molecular flexibility index (Phi) is 4.54. The number of likely N-dealkylation sites (N-methyl/N-ethyl adjacent to an activating group) is 1. The normalized spacial score (nSPS) is 16.6. The minimum atomic E-state index is -0.815. The molecule has 0 bridgehead atoms. The lowest BCUT2D eigenvalue weighted by atomic mass is 10.0. The fraction of sp³-hybridized carbons (Fsp3) is 0.263. The smallest absolute Gasteiger partial charge is 0.262 e. The Morgan fingerprint density at radius 2 is 1.85 bits per heavy atom. The molecule has 0 aromatic heterocycles. The Bertz CT molecular complexity index is 884. The molecule has 0 aliphatic carbocycles. The third kappa shape index (κ3) is 2.75. The van der Waals surface area contributed by atoms with Crippen LogP contribution in [0.25, 0.3) is 0 Å². The molecule has 0 saturated heterocycles. The fourth-order valence-electron chi connectivity index (χ4n) is 3.26. The van der Waals surface area contributed by atoms with Crippen molar-refractivity contribution in [1.82, 2.24) is 0 Å². The molecular formula is C19H19FN2O4. The summed E-state index contributed by atoms with van der Waals surface area (Å²) in [5.41, 5.74) is 0.639. The molecule has 0 fully saturated rings. The van der Waals surface area contributed by atoms with Crippen molar-refractivity contribution in [3.63, 3.8) is 0 Å². The van der Waals surface area contributed by atoms with Crippen LogP contribution in [-0.2, 0) is 4.79 Å². The van der Waals surface area contributed by atoms with Crippen LogP contribution in [0.2, 0.25) is 0 Å². The first kappa shape index (κ1) is 17.7. The van der Waals surface area contributed by atoms with Gasteiger partial charge in [-0.3, -0.25) is 14.5 Å². The van der Waals surface area contributed by atoms with Crippen molar-refractivity contribution in [3.05, 3.63) is 47.8 Å². The highest BCUT2D eigenvalue weighted by molar-refractivity contribution is 6.18. The summed E-state index contributed by atoms with van der Waals surface area (Å²) in [6.45, 7) is 3.96. The van der Waals surface area contributed by atoms with Gasteiger partial charge in [-0.2, -0.15) is 0 Å². The summed E-state index contributed by atoms with van der Waals surface area (Å²) in [7, 11) is 0. The molecule has 0 unspecified atom stereocenters. The Morgan fingerprint density at radius 1 is 1.12 bits per heavy atom. The van der Waals surface area contributed by atoms with Crippen molar-refractivity contribution in [3.8, 4) is 11.5 Å². The second-order valence-corrected chi connectivity index (χ2v) is 6.02. The third-order valence-electron chi connectivity index (χ3n) is 4.48. The number of hydrogen-bond donors (Lipinski definition) is 2. The first-order chi connectivity index (χ1) is 12.4. The quantitative estimate of drug-likeness (QED) is 0.884. The molecule has 6 nitrogen and oxygen atoms in total. The standard InChI is InChI=1S/C19H19FN2O4/c1-3-14-19(26)21(4-2)15-8-5-11(20)9-16(15)22(14)18(25)13-7-6-12(23)10-17(13)24/h5-10,14,23-24H,3-4H2,1-2H3/t14-/m1/s1. The van der Waals surface area contributed by atoms with Crippen molar-refractivity contribution < 1.29 is 24.2 Å². The number of amides is 2. The number of carbonyl (C=O) groups excluding carboxylic acids is 2. The van der Waals surface area contributed by atoms with Crippen LogP contribution in [0.15, 0.2) is 36.4 Å². The van der Waals surface area contributed by atoms with Crippen molar-refractivity contribution in [2.24, 2.45) is 0 Å². The van der Waals surface area contributed by atoms with E-state index in [1.54, 1.807) is 13.8 Å². The molecule has 2 aromatic carbocycles. The zero-order valence-electron chi connectivity index (χ0n) is 14.4. The van der Waals surface area contributed by atoms with E-state index in [2.05, 4.69) is 0 Å². The number of carbonyl (C=O) groups is 2. The summed E-state index contributed by atoms with van der Waals surface area (Å²) in [4.78, 5) is 28.7. The van der Waals surface area contributed by atoms with Gasteiger partial charge in [-0.05, 0) is 43.7 Å². The number of anilines is 2. The fourth-order valence-corrected chi connectivity index (χ4v) is 3.26. The lowest BCUT2D eigenvalue weighted by Crippen LogP contribution is -2.55. The van der Waals surface area contributed by atoms with Gasteiger partial charge in [0.1, 0.15) is 23.4 Å². The first-order valence-corrected chi connectivity index (χ1v) is 8.35. The average molecular weight is 358 g/mol. The highest BCUT2D eigenvalue weighted by Gasteiger charge is 2.40. The lowest BCUT2D eigenvalue weighted by Gasteiger charge is -2.41. The van der Waals surface area contributed by atoms with E-state index in [1.807, 2.05) is 0 Å². The maximum atomic E-state index is 13.9. The topological polar surface area (TPSA) is 81.1 Å². The van der Waals surface area contributed by atoms with Crippen LogP contribution in [0.5, 0.6) is 11.5 Å². The molecule has 0 saturated carbocycles. The van der Waals surface area contributed by atoms with Gasteiger partial charge in [0.15, 0.2) is 0 Å². The largest absolute Gasteiger partial charge is 0.508 e. The minimum Gasteiger partial charge on any atom is -0.508 e. The summed E-state index contributed by atoms with van der Waals surface area (Å²) < 4.78 is 13.9. The van der Waals surface area contributed by atoms with Gasteiger partial charge < -0.3 is 15.1 Å². The van der Waals surface area contributed by atoms with E-state index < -0.39 is 23.5 Å². The highest BCUT2D eigenvalue weighted by Crippen LogP contribution is 2.39. The number of aromatic hydroxyl groups is 2. The molecule has 1 heterocycles. The third-order valence-corrected chi connectivity index (χ3v) is 4.48. The number of hydrogen-bond acceptors (Lipinski definition) is 4. The van der Waals surface area contributed by atoms with Gasteiger partial charge in [0, 0.05) is 12.6 Å². The van der Waals surface area contributed by atoms with Gasteiger partial charge in [0.25, 0.3) is 5.91 Å². The molecule has 1 atom stereocenters. The van der Waals surface area contributed by atoms with Gasteiger partial charge in [-0.25, -0.2) is 4.39 Å². The number of fused-ring (bicyclic) bond motifs is 1. The van der Waals surface area contributed by atoms with E-state index in [0.29, 0.717) is 18.7 Å². The summed E-state index contributed by atoms with van der Waals surface area (Å²) in [5, 5.41) is 19.5. The zero-order chi connectivity index (χ0) is 19.0. The molecule has 1 aliphatic rings. The second kappa shape index (κ2) is 6.67. The molecule has 1 aliphatic heterocycles. The van der Waals surface area contributed by atoms with Gasteiger partial charge in [-0.15, -0.1) is 0 Å². The molecule has 2 aromatic rings. The van der Waals surface area contributed by atoms with Gasteiger partial charge >= 0.3 is 0 Å². The summed E-state index contributed by atoms with van der Waals surface area (Å²) >= 11 is 0. The van der Waals surface area contributed by atoms with Crippen molar-refractivity contribution in [2.45, 2.75) is 26.3 Å². The number of phenols is 2. The van der Waals surface area contributed by atoms with Crippen LogP contribution >= 0.6 is 0 Å². The van der Waals surface area contributed by atoms with E-state index in [-0.39, 0.29) is 22.9 Å². The molecular weight excluding hydrogens is 339 g/mol. The molecule has 136 valence electrons. The van der Waals surface area contributed by atoms with Crippen LogP contribution in [0.3, 0.4) is 0 Å². The molecule has 2 N–H and O–H groups in total. The monoisotopic (exact) mass is 358 g/mol. The predicted molar refractivity (Wildman–Crippen MR) is 95.1 cm³/mol. The summed E-state index contributed by atoms with van der Waals surface area (Å²) in [6.07, 6.45) is 0.329. The van der Waals surface area contributed by atoms with Crippen LogP contribution in [-0.4, -0.2) is 34.6 Å². The van der Waals surface area contributed by atoms with Crippen LogP contribution < -0.4 is 9.80 Å². The molecule has 7 heteroatoms. The Labute approximate surface area is 150 Å². The Hall–Kier alpha value is -3.09. The maximum Gasteiger partial charge on any atom is 0.262 e. The van der Waals surface area contributed by atoms with Crippen molar-refractivity contribution >= 4 is 23.2 Å². The van der Waals surface area contributed by atoms with Gasteiger partial charge in [0.05, 0.1) is 16.9 Å². The highest BCUT2D eigenvalue weighted by atomic mass is 19.1. The molecule has 0 radical (unpaired) electrons. The Balaban J connectivity index is 2.19. The average Bonchev–Trinajstić information content (AvgIpc) is 2.60. The van der Waals surface area contributed by atoms with Crippen LogP contribution in [0.4, 0.5) is 15.8 Å². The lowest BCUT2D eigenvalue weighted by molar-refractivity contribution is -0.120. The van der Waals surface area contributed by atoms with Crippen molar-refractivity contribution in [1.29, 1.82) is 0 Å². The Morgan fingerprint density at radius 3 is 2.46 bits per heavy atom. The number of phenolic OH excluding ortho intramolecular Hbond substituents is 2. The second-order valence-electron chi connectivity index (χ2n) is 6.02. The molecule has 2 amide bonds. The van der Waals surface area contributed by atoms with E-state index in [4.69, 9.17) is 0 Å². The van der Waals surface area contributed by atoms with Crippen LogP contribution in [0.1, 0.15) is 30.6 Å². The van der Waals surface area contributed by atoms with Gasteiger partial charge in [0.2, 0.25) is 5.91 Å². The summed E-state index contributed by atoms with van der Waals surface area (Å²) in [6, 6.07) is 6.69. The number of rotatable bonds is 3. The molecule has 3 rings (SSSR count). The summed E-state index contributed by atoms with van der Waals surface area (Å²) in [5.74, 6) is -2.03. The SMILES string of the molecule is CC[C@@H]1C(=O)N(CC)c2ccc(F)cc2N1C(=O)c1ccc(O)cc1O. The number of nitrogens with zero attached hydrogens (tertiary/aromatic N) is 2. The molecule has 26 heavy (non-hydrogen) atoms. The first-order valence-electron chi connectivity index (χ1n) is 8.35. The van der Waals surface area contributed by atoms with E-state index in [9.17, 15) is 24.2 Å². The predicted octanol–water partition coefficient (Wildman–Crippen LogP) is 3.03. The minimum absolute atomic E-state index is 0.0748.